The molecule has 0 radical (unpaired) electrons. The number of hydrogen-bond donors (Lipinski definition) is 1. The van der Waals surface area contributed by atoms with Gasteiger partial charge in [-0.15, -0.1) is 10.2 Å². The van der Waals surface area contributed by atoms with Crippen molar-refractivity contribution >= 4 is 11.6 Å². The van der Waals surface area contributed by atoms with Crippen LogP contribution in [0.25, 0.3) is 0 Å². The fourth-order valence-corrected chi connectivity index (χ4v) is 4.54. The van der Waals surface area contributed by atoms with Crippen molar-refractivity contribution in [3.05, 3.63) is 76.4 Å². The van der Waals surface area contributed by atoms with Crippen LogP contribution in [0.4, 0.5) is 18.9 Å². The van der Waals surface area contributed by atoms with E-state index in [1.54, 1.807) is 12.4 Å². The fourth-order valence-electron chi connectivity index (χ4n) is 4.54. The van der Waals surface area contributed by atoms with Crippen molar-refractivity contribution in [2.45, 2.75) is 31.1 Å². The number of alkyl halides is 3. The van der Waals surface area contributed by atoms with Crippen molar-refractivity contribution in [1.29, 1.82) is 0 Å². The number of nitrogens with two attached hydrogens (primary N) is 1. The second kappa shape index (κ2) is 7.67. The van der Waals surface area contributed by atoms with Gasteiger partial charge in [0.1, 0.15) is 12.2 Å². The van der Waals surface area contributed by atoms with E-state index in [1.165, 1.54) is 11.0 Å². The van der Waals surface area contributed by atoms with Crippen molar-refractivity contribution in [2.75, 3.05) is 18.1 Å². The number of nitrogens with zero attached hydrogens (tertiary/aromatic N) is 4. The summed E-state index contributed by atoms with van der Waals surface area (Å²) in [5, 5.41) is 8.10. The molecule has 33 heavy (non-hydrogen) atoms. The summed E-state index contributed by atoms with van der Waals surface area (Å²) in [6.07, 6.45) is -2.34. The average Bonchev–Trinajstić information content (AvgIpc) is 3.32. The Balaban J connectivity index is 1.50. The summed E-state index contributed by atoms with van der Waals surface area (Å²) in [7, 11) is 1.87. The van der Waals surface area contributed by atoms with Gasteiger partial charge in [-0.05, 0) is 41.0 Å². The van der Waals surface area contributed by atoms with Crippen LogP contribution in [0.1, 0.15) is 38.4 Å². The molecule has 0 aliphatic carbocycles. The molecule has 2 N–H and O–H groups in total. The Morgan fingerprint density at radius 3 is 2.61 bits per heavy atom. The summed E-state index contributed by atoms with van der Waals surface area (Å²) in [4.78, 5) is 14.5. The minimum Gasteiger partial charge on any atom is -0.379 e. The van der Waals surface area contributed by atoms with Gasteiger partial charge in [0.2, 0.25) is 0 Å². The third-order valence-electron chi connectivity index (χ3n) is 6.47. The van der Waals surface area contributed by atoms with Gasteiger partial charge in [0.25, 0.3) is 5.91 Å². The van der Waals surface area contributed by atoms with E-state index < -0.39 is 17.6 Å². The lowest BCUT2D eigenvalue weighted by molar-refractivity contribution is -0.138. The fraction of sp³-hybridized carbons (Fsp3) is 0.348. The second-order valence-electron chi connectivity index (χ2n) is 8.62. The molecule has 2 aliphatic rings. The highest BCUT2D eigenvalue weighted by molar-refractivity contribution is 6.10. The molecule has 0 unspecified atom stereocenters. The highest BCUT2D eigenvalue weighted by atomic mass is 19.4. The van der Waals surface area contributed by atoms with Gasteiger partial charge in [0.15, 0.2) is 0 Å². The molecule has 3 aromatic rings. The molecule has 0 atom stereocenters. The number of fused-ring (bicyclic) bond motifs is 1. The Bertz CT molecular complexity index is 1230. The van der Waals surface area contributed by atoms with Crippen molar-refractivity contribution < 1.29 is 22.7 Å². The van der Waals surface area contributed by atoms with Crippen LogP contribution in [0.5, 0.6) is 0 Å². The highest BCUT2D eigenvalue weighted by Gasteiger charge is 2.43. The molecule has 5 rings (SSSR count). The van der Waals surface area contributed by atoms with Gasteiger partial charge in [-0.3, -0.25) is 4.79 Å². The summed E-state index contributed by atoms with van der Waals surface area (Å²) in [5.74, 6) is 0.340. The van der Waals surface area contributed by atoms with Gasteiger partial charge < -0.3 is 19.9 Å². The maximum atomic E-state index is 13.7. The minimum absolute atomic E-state index is 0.0177. The van der Waals surface area contributed by atoms with E-state index in [1.807, 2.05) is 29.8 Å². The van der Waals surface area contributed by atoms with Crippen molar-refractivity contribution in [2.24, 2.45) is 12.8 Å². The molecule has 1 saturated heterocycles. The van der Waals surface area contributed by atoms with Gasteiger partial charge in [-0.25, -0.2) is 0 Å². The molecule has 1 aromatic heterocycles. The number of benzene rings is 2. The van der Waals surface area contributed by atoms with E-state index in [9.17, 15) is 18.0 Å². The summed E-state index contributed by atoms with van der Waals surface area (Å²) in [6.45, 7) is 0.735. The first-order valence-corrected chi connectivity index (χ1v) is 10.5. The summed E-state index contributed by atoms with van der Waals surface area (Å²) >= 11 is 0. The molecule has 0 saturated carbocycles. The normalized spacial score (nSPS) is 17.2. The Kier molecular flexibility index (Phi) is 5.02. The molecule has 0 spiro atoms. The summed E-state index contributed by atoms with van der Waals surface area (Å²) in [6, 6.07) is 9.86. The first-order chi connectivity index (χ1) is 15.7. The van der Waals surface area contributed by atoms with Crippen LogP contribution < -0.4 is 10.6 Å². The molecule has 7 nitrogen and oxygen atoms in total. The van der Waals surface area contributed by atoms with Gasteiger partial charge in [-0.1, -0.05) is 12.1 Å². The number of carbonyl (C=O) groups is 1. The summed E-state index contributed by atoms with van der Waals surface area (Å²) in [5.41, 5.74) is 6.24. The third kappa shape index (κ3) is 3.59. The van der Waals surface area contributed by atoms with Crippen LogP contribution in [0.3, 0.4) is 0 Å². The number of hydrogen-bond acceptors (Lipinski definition) is 5. The third-order valence-corrected chi connectivity index (χ3v) is 6.47. The zero-order valence-corrected chi connectivity index (χ0v) is 17.9. The molecular formula is C23H22F3N5O2. The van der Waals surface area contributed by atoms with E-state index in [0.717, 1.165) is 17.5 Å². The number of ether oxygens (including phenoxy) is 1. The molecule has 1 fully saturated rings. The van der Waals surface area contributed by atoms with Gasteiger partial charge in [-0.2, -0.15) is 13.2 Å². The first kappa shape index (κ1) is 21.6. The lowest BCUT2D eigenvalue weighted by Gasteiger charge is -2.42. The second-order valence-corrected chi connectivity index (χ2v) is 8.62. The molecule has 1 amide bonds. The maximum absolute atomic E-state index is 13.7. The minimum atomic E-state index is -4.57. The predicted octanol–water partition coefficient (Wildman–Crippen LogP) is 2.96. The van der Waals surface area contributed by atoms with Gasteiger partial charge in [0, 0.05) is 36.7 Å². The van der Waals surface area contributed by atoms with Crippen molar-refractivity contribution in [3.63, 3.8) is 0 Å². The number of carbonyl (C=O) groups excluding carboxylic acids is 1. The smallest absolute Gasteiger partial charge is 0.379 e. The number of aryl methyl sites for hydroxylation is 1. The van der Waals surface area contributed by atoms with Crippen LogP contribution in [0.15, 0.2) is 42.7 Å². The number of halogens is 3. The largest absolute Gasteiger partial charge is 0.416 e. The topological polar surface area (TPSA) is 86.3 Å². The van der Waals surface area contributed by atoms with E-state index >= 15 is 0 Å². The van der Waals surface area contributed by atoms with E-state index in [-0.39, 0.29) is 35.2 Å². The number of rotatable bonds is 5. The molecule has 3 heterocycles. The Morgan fingerprint density at radius 2 is 2.00 bits per heavy atom. The monoisotopic (exact) mass is 457 g/mol. The van der Waals surface area contributed by atoms with Gasteiger partial charge >= 0.3 is 6.18 Å². The van der Waals surface area contributed by atoms with Crippen molar-refractivity contribution in [1.82, 2.24) is 14.8 Å². The SMILES string of the molecule is Cn1cnnc1CC1(c2cccc(N3Cc4c(cc(CN)cc4C(F)(F)F)C3=O)c2)COC1. The van der Waals surface area contributed by atoms with Crippen LogP contribution in [-0.2, 0) is 42.9 Å². The first-order valence-electron chi connectivity index (χ1n) is 10.5. The quantitative estimate of drug-likeness (QED) is 0.637. The van der Waals surface area contributed by atoms with Crippen LogP contribution in [0.2, 0.25) is 0 Å². The molecule has 0 bridgehead atoms. The Labute approximate surface area is 188 Å². The number of amides is 1. The lowest BCUT2D eigenvalue weighted by atomic mass is 9.75. The van der Waals surface area contributed by atoms with E-state index in [0.29, 0.717) is 25.3 Å². The molecule has 2 aliphatic heterocycles. The summed E-state index contributed by atoms with van der Waals surface area (Å²) < 4.78 is 48.5. The number of aromatic nitrogens is 3. The van der Waals surface area contributed by atoms with Crippen LogP contribution in [-0.4, -0.2) is 33.9 Å². The Morgan fingerprint density at radius 1 is 1.21 bits per heavy atom. The maximum Gasteiger partial charge on any atom is 0.416 e. The molecule has 172 valence electrons. The van der Waals surface area contributed by atoms with E-state index in [4.69, 9.17) is 10.5 Å². The molecular weight excluding hydrogens is 435 g/mol. The zero-order chi connectivity index (χ0) is 23.4. The zero-order valence-electron chi connectivity index (χ0n) is 17.9. The van der Waals surface area contributed by atoms with Crippen molar-refractivity contribution in [3.8, 4) is 0 Å². The Hall–Kier alpha value is -3.24. The highest BCUT2D eigenvalue weighted by Crippen LogP contribution is 2.41. The van der Waals surface area contributed by atoms with Gasteiger partial charge in [0.05, 0.1) is 25.3 Å². The lowest BCUT2D eigenvalue weighted by Crippen LogP contribution is -2.49. The molecule has 2 aromatic carbocycles. The van der Waals surface area contributed by atoms with Crippen LogP contribution in [0, 0.1) is 0 Å². The average molecular weight is 457 g/mol. The molecule has 10 heteroatoms. The van der Waals surface area contributed by atoms with E-state index in [2.05, 4.69) is 10.2 Å². The standard InChI is InChI=1S/C23H22F3N5O2/c1-30-13-28-29-20(30)8-22(11-33-12-22)15-3-2-4-16(7-15)31-10-18-17(21(31)32)5-14(9-27)6-19(18)23(24,25)26/h2-7,13H,8-12,27H2,1H3. The predicted molar refractivity (Wildman–Crippen MR) is 113 cm³/mol. The number of anilines is 1. The van der Waals surface area contributed by atoms with Crippen LogP contribution >= 0.6 is 0 Å².